The van der Waals surface area contributed by atoms with Crippen molar-refractivity contribution in [2.45, 2.75) is 13.5 Å². The van der Waals surface area contributed by atoms with Crippen molar-refractivity contribution in [2.75, 3.05) is 11.9 Å². The molecule has 0 saturated carbocycles. The van der Waals surface area contributed by atoms with Crippen LogP contribution >= 0.6 is 0 Å². The smallest absolute Gasteiger partial charge is 0.145 e. The topological polar surface area (TPSA) is 57.9 Å². The molecule has 0 aliphatic rings. The lowest BCUT2D eigenvalue weighted by atomic mass is 10.2. The standard InChI is InChI=1S/C15H15N3O/c1-2-19-14-7-3-6-13(9-14)18-11-12-5-4-8-17-15(12)10-16/h3-9,18H,2,11H2,1H3. The summed E-state index contributed by atoms with van der Waals surface area (Å²) in [6.07, 6.45) is 1.62. The molecule has 2 aromatic rings. The first-order chi connectivity index (χ1) is 9.33. The van der Waals surface area contributed by atoms with E-state index in [1.54, 1.807) is 6.20 Å². The fourth-order valence-electron chi connectivity index (χ4n) is 1.74. The van der Waals surface area contributed by atoms with Crippen molar-refractivity contribution in [1.82, 2.24) is 4.98 Å². The van der Waals surface area contributed by atoms with E-state index < -0.39 is 0 Å². The molecule has 1 N–H and O–H groups in total. The molecule has 0 unspecified atom stereocenters. The number of aromatic nitrogens is 1. The average Bonchev–Trinajstić information content (AvgIpc) is 2.46. The Balaban J connectivity index is 2.06. The Labute approximate surface area is 112 Å². The van der Waals surface area contributed by atoms with Gasteiger partial charge in [0.15, 0.2) is 0 Å². The number of nitrogens with zero attached hydrogens (tertiary/aromatic N) is 2. The molecule has 0 saturated heterocycles. The lowest BCUT2D eigenvalue weighted by Gasteiger charge is -2.09. The van der Waals surface area contributed by atoms with Crippen molar-refractivity contribution >= 4 is 5.69 Å². The summed E-state index contributed by atoms with van der Waals surface area (Å²) in [5, 5.41) is 12.2. The quantitative estimate of drug-likeness (QED) is 0.890. The summed E-state index contributed by atoms with van der Waals surface area (Å²) in [4.78, 5) is 4.03. The molecule has 0 spiro atoms. The maximum Gasteiger partial charge on any atom is 0.145 e. The molecule has 1 aromatic carbocycles. The minimum absolute atomic E-state index is 0.455. The molecule has 0 radical (unpaired) electrons. The lowest BCUT2D eigenvalue weighted by Crippen LogP contribution is -2.03. The van der Waals surface area contributed by atoms with Gasteiger partial charge < -0.3 is 10.1 Å². The number of nitrogens with one attached hydrogen (secondary N) is 1. The zero-order valence-electron chi connectivity index (χ0n) is 10.8. The molecule has 4 nitrogen and oxygen atoms in total. The monoisotopic (exact) mass is 253 g/mol. The van der Waals surface area contributed by atoms with Gasteiger partial charge in [0.2, 0.25) is 0 Å². The molecule has 0 fully saturated rings. The largest absolute Gasteiger partial charge is 0.494 e. The zero-order chi connectivity index (χ0) is 13.5. The van der Waals surface area contributed by atoms with Gasteiger partial charge in [-0.2, -0.15) is 5.26 Å². The molecule has 0 bridgehead atoms. The Kier molecular flexibility index (Phi) is 4.35. The minimum atomic E-state index is 0.455. The number of anilines is 1. The third-order valence-electron chi connectivity index (χ3n) is 2.63. The van der Waals surface area contributed by atoms with Crippen molar-refractivity contribution in [2.24, 2.45) is 0 Å². The third-order valence-corrected chi connectivity index (χ3v) is 2.63. The number of rotatable bonds is 5. The van der Waals surface area contributed by atoms with Gasteiger partial charge in [-0.25, -0.2) is 4.98 Å². The molecule has 2 rings (SSSR count). The molecule has 0 amide bonds. The van der Waals surface area contributed by atoms with Gasteiger partial charge in [0.1, 0.15) is 17.5 Å². The van der Waals surface area contributed by atoms with Crippen molar-refractivity contribution in [3.63, 3.8) is 0 Å². The van der Waals surface area contributed by atoms with E-state index in [-0.39, 0.29) is 0 Å². The average molecular weight is 253 g/mol. The molecule has 4 heteroatoms. The Morgan fingerprint density at radius 3 is 3.00 bits per heavy atom. The molecule has 0 aliphatic heterocycles. The predicted molar refractivity (Wildman–Crippen MR) is 73.9 cm³/mol. The summed E-state index contributed by atoms with van der Waals surface area (Å²) in [6, 6.07) is 13.6. The summed E-state index contributed by atoms with van der Waals surface area (Å²) in [5.74, 6) is 0.833. The first-order valence-electron chi connectivity index (χ1n) is 6.14. The highest BCUT2D eigenvalue weighted by atomic mass is 16.5. The van der Waals surface area contributed by atoms with E-state index >= 15 is 0 Å². The molecule has 19 heavy (non-hydrogen) atoms. The normalized spacial score (nSPS) is 9.68. The highest BCUT2D eigenvalue weighted by Crippen LogP contribution is 2.18. The molecular weight excluding hydrogens is 238 g/mol. The highest BCUT2D eigenvalue weighted by molar-refractivity contribution is 5.49. The van der Waals surface area contributed by atoms with Crippen LogP contribution in [0.3, 0.4) is 0 Å². The fourth-order valence-corrected chi connectivity index (χ4v) is 1.74. The Morgan fingerprint density at radius 1 is 1.32 bits per heavy atom. The Morgan fingerprint density at radius 2 is 2.21 bits per heavy atom. The van der Waals surface area contributed by atoms with Crippen molar-refractivity contribution < 1.29 is 4.74 Å². The van der Waals surface area contributed by atoms with E-state index in [1.807, 2.05) is 43.3 Å². The van der Waals surface area contributed by atoms with E-state index in [4.69, 9.17) is 10.00 Å². The van der Waals surface area contributed by atoms with Crippen LogP contribution in [0.5, 0.6) is 5.75 Å². The van der Waals surface area contributed by atoms with Gasteiger partial charge in [-0.15, -0.1) is 0 Å². The summed E-state index contributed by atoms with van der Waals surface area (Å²) < 4.78 is 5.44. The van der Waals surface area contributed by atoms with Crippen molar-refractivity contribution in [1.29, 1.82) is 5.26 Å². The van der Waals surface area contributed by atoms with Gasteiger partial charge in [0, 0.05) is 30.1 Å². The van der Waals surface area contributed by atoms with Crippen LogP contribution in [0.2, 0.25) is 0 Å². The van der Waals surface area contributed by atoms with E-state index in [2.05, 4.69) is 16.4 Å². The summed E-state index contributed by atoms with van der Waals surface area (Å²) >= 11 is 0. The van der Waals surface area contributed by atoms with Crippen LogP contribution in [0.25, 0.3) is 0 Å². The van der Waals surface area contributed by atoms with Crippen LogP contribution in [0.4, 0.5) is 5.69 Å². The molecule has 1 heterocycles. The first-order valence-corrected chi connectivity index (χ1v) is 6.14. The Hall–Kier alpha value is -2.54. The van der Waals surface area contributed by atoms with Crippen LogP contribution in [-0.4, -0.2) is 11.6 Å². The number of hydrogen-bond donors (Lipinski definition) is 1. The Bertz CT molecular complexity index is 590. The van der Waals surface area contributed by atoms with Crippen molar-refractivity contribution in [3.8, 4) is 11.8 Å². The molecule has 96 valence electrons. The summed E-state index contributed by atoms with van der Waals surface area (Å²) in [6.45, 7) is 3.16. The summed E-state index contributed by atoms with van der Waals surface area (Å²) in [5.41, 5.74) is 2.29. The first kappa shape index (κ1) is 12.9. The van der Waals surface area contributed by atoms with Crippen LogP contribution in [-0.2, 0) is 6.54 Å². The molecule has 1 aromatic heterocycles. The molecule has 0 atom stereocenters. The van der Waals surface area contributed by atoms with Gasteiger partial charge in [-0.05, 0) is 25.1 Å². The fraction of sp³-hybridized carbons (Fsp3) is 0.200. The number of pyridine rings is 1. The maximum atomic E-state index is 8.97. The van der Waals surface area contributed by atoms with Gasteiger partial charge in [0.25, 0.3) is 0 Å². The van der Waals surface area contributed by atoms with Crippen LogP contribution in [0, 0.1) is 11.3 Å². The van der Waals surface area contributed by atoms with Crippen LogP contribution in [0.15, 0.2) is 42.6 Å². The van der Waals surface area contributed by atoms with E-state index in [0.717, 1.165) is 17.0 Å². The number of nitriles is 1. The molecular formula is C15H15N3O. The van der Waals surface area contributed by atoms with Gasteiger partial charge in [-0.1, -0.05) is 12.1 Å². The number of ether oxygens (including phenoxy) is 1. The number of benzene rings is 1. The van der Waals surface area contributed by atoms with Gasteiger partial charge in [0.05, 0.1) is 6.61 Å². The van der Waals surface area contributed by atoms with Crippen LogP contribution in [0.1, 0.15) is 18.2 Å². The maximum absolute atomic E-state index is 8.97. The van der Waals surface area contributed by atoms with E-state index in [1.165, 1.54) is 0 Å². The SMILES string of the molecule is CCOc1cccc(NCc2cccnc2C#N)c1. The van der Waals surface area contributed by atoms with Crippen molar-refractivity contribution in [3.05, 3.63) is 53.9 Å². The number of hydrogen-bond acceptors (Lipinski definition) is 4. The third kappa shape index (κ3) is 3.46. The predicted octanol–water partition coefficient (Wildman–Crippen LogP) is 2.96. The van der Waals surface area contributed by atoms with Crippen LogP contribution < -0.4 is 10.1 Å². The lowest BCUT2D eigenvalue weighted by molar-refractivity contribution is 0.340. The molecule has 0 aliphatic carbocycles. The summed E-state index contributed by atoms with van der Waals surface area (Å²) in [7, 11) is 0. The second-order valence-corrected chi connectivity index (χ2v) is 3.94. The van der Waals surface area contributed by atoms with E-state index in [9.17, 15) is 0 Å². The zero-order valence-corrected chi connectivity index (χ0v) is 10.8. The van der Waals surface area contributed by atoms with E-state index in [0.29, 0.717) is 18.8 Å². The van der Waals surface area contributed by atoms with Gasteiger partial charge >= 0.3 is 0 Å². The minimum Gasteiger partial charge on any atom is -0.494 e. The highest BCUT2D eigenvalue weighted by Gasteiger charge is 2.02. The second kappa shape index (κ2) is 6.41. The second-order valence-electron chi connectivity index (χ2n) is 3.94. The van der Waals surface area contributed by atoms with Gasteiger partial charge in [-0.3, -0.25) is 0 Å².